The molecule has 1 unspecified atom stereocenters. The minimum absolute atomic E-state index is 0.00381. The van der Waals surface area contributed by atoms with Crippen molar-refractivity contribution in [2.24, 2.45) is 0 Å². The molecule has 0 amide bonds. The number of carbonyl (C=O) groups excluding carboxylic acids is 2. The Morgan fingerprint density at radius 3 is 1.57 bits per heavy atom. The van der Waals surface area contributed by atoms with Crippen molar-refractivity contribution >= 4 is 11.9 Å². The van der Waals surface area contributed by atoms with E-state index in [2.05, 4.69) is 11.7 Å². The topological polar surface area (TPSA) is 65.1 Å². The van der Waals surface area contributed by atoms with Crippen molar-refractivity contribution in [3.63, 3.8) is 0 Å². The Morgan fingerprint density at radius 1 is 0.652 bits per heavy atom. The highest BCUT2D eigenvalue weighted by Crippen LogP contribution is 2.66. The summed E-state index contributed by atoms with van der Waals surface area (Å²) in [7, 11) is 0. The van der Waals surface area contributed by atoms with Gasteiger partial charge < -0.3 is 14.2 Å². The molecule has 0 bridgehead atoms. The summed E-state index contributed by atoms with van der Waals surface area (Å²) >= 11 is 0. The average molecular weight is 683 g/mol. The molecule has 0 saturated carbocycles. The molecule has 0 radical (unpaired) electrons. The standard InChI is InChI=1S/C28H25F12NO5/c1-2-3-4-5-6-7-16-44-18-10-8-17(9-11-18)21(42)45-19-12-14-20(15-13-19)46-22(43)23(29,26(34,35)36)41-27(37,38)24(30,31)25(32,33)28(41,39)40/h8-15H,2-7,16H2,1H3. The number of likely N-dealkylation sites (tertiary alicyclic amines) is 1. The van der Waals surface area contributed by atoms with Crippen molar-refractivity contribution in [2.45, 2.75) is 81.4 Å². The third-order valence-corrected chi connectivity index (χ3v) is 6.77. The van der Waals surface area contributed by atoms with Crippen LogP contribution in [0.4, 0.5) is 52.7 Å². The number of carbonyl (C=O) groups is 2. The van der Waals surface area contributed by atoms with Gasteiger partial charge in [0.2, 0.25) is 0 Å². The lowest BCUT2D eigenvalue weighted by Crippen LogP contribution is -2.70. The summed E-state index contributed by atoms with van der Waals surface area (Å²) in [5.41, 5.74) is -0.00381. The van der Waals surface area contributed by atoms with Crippen molar-refractivity contribution in [3.05, 3.63) is 54.1 Å². The summed E-state index contributed by atoms with van der Waals surface area (Å²) in [6, 6.07) is -6.51. The van der Waals surface area contributed by atoms with E-state index in [4.69, 9.17) is 9.47 Å². The zero-order chi connectivity index (χ0) is 34.8. The van der Waals surface area contributed by atoms with Gasteiger partial charge >= 0.3 is 47.8 Å². The predicted molar refractivity (Wildman–Crippen MR) is 134 cm³/mol. The fourth-order valence-electron chi connectivity index (χ4n) is 4.23. The zero-order valence-electron chi connectivity index (χ0n) is 23.6. The zero-order valence-corrected chi connectivity index (χ0v) is 23.6. The van der Waals surface area contributed by atoms with Crippen LogP contribution in [0.25, 0.3) is 0 Å². The maximum Gasteiger partial charge on any atom is 0.448 e. The van der Waals surface area contributed by atoms with E-state index in [9.17, 15) is 62.3 Å². The van der Waals surface area contributed by atoms with Crippen molar-refractivity contribution in [3.8, 4) is 17.2 Å². The van der Waals surface area contributed by atoms with Gasteiger partial charge in [0.05, 0.1) is 12.2 Å². The molecule has 1 saturated heterocycles. The van der Waals surface area contributed by atoms with Crippen molar-refractivity contribution in [2.75, 3.05) is 6.61 Å². The number of rotatable bonds is 13. The average Bonchev–Trinajstić information content (AvgIpc) is 3.03. The van der Waals surface area contributed by atoms with E-state index >= 15 is 0 Å². The molecule has 1 aliphatic rings. The van der Waals surface area contributed by atoms with Crippen LogP contribution < -0.4 is 14.2 Å². The van der Waals surface area contributed by atoms with E-state index in [1.165, 1.54) is 24.3 Å². The molecule has 0 N–H and O–H groups in total. The quantitative estimate of drug-likeness (QED) is 0.0694. The molecule has 18 heteroatoms. The molecule has 1 aliphatic heterocycles. The predicted octanol–water partition coefficient (Wildman–Crippen LogP) is 8.55. The fourth-order valence-corrected chi connectivity index (χ4v) is 4.23. The van der Waals surface area contributed by atoms with Crippen LogP contribution in [0.15, 0.2) is 48.5 Å². The summed E-state index contributed by atoms with van der Waals surface area (Å²) in [5, 5.41) is 0. The first-order chi connectivity index (χ1) is 21.2. The number of esters is 2. The second-order valence-electron chi connectivity index (χ2n) is 10.1. The number of alkyl halides is 12. The largest absolute Gasteiger partial charge is 0.494 e. The molecule has 256 valence electrons. The second-order valence-corrected chi connectivity index (χ2v) is 10.1. The van der Waals surface area contributed by atoms with Crippen LogP contribution in [0.5, 0.6) is 17.2 Å². The van der Waals surface area contributed by atoms with Crippen LogP contribution in [0.3, 0.4) is 0 Å². The molecule has 0 aliphatic carbocycles. The summed E-state index contributed by atoms with van der Waals surface area (Å²) in [5.74, 6) is -27.3. The lowest BCUT2D eigenvalue weighted by molar-refractivity contribution is -0.382. The van der Waals surface area contributed by atoms with Gasteiger partial charge in [0.25, 0.3) is 0 Å². The highest BCUT2D eigenvalue weighted by Gasteiger charge is 2.98. The van der Waals surface area contributed by atoms with E-state index in [1.54, 1.807) is 0 Å². The Kier molecular flexibility index (Phi) is 10.5. The SMILES string of the molecule is CCCCCCCCOc1ccc(C(=O)Oc2ccc(OC(=O)C(F)(N3C(F)(F)C(F)(F)C(F)(F)C3(F)F)C(F)(F)F)cc2)cc1. The van der Waals surface area contributed by atoms with Crippen LogP contribution in [0, 0.1) is 0 Å². The van der Waals surface area contributed by atoms with E-state index in [0.717, 1.165) is 38.5 Å². The molecule has 46 heavy (non-hydrogen) atoms. The van der Waals surface area contributed by atoms with Crippen molar-refractivity contribution in [1.29, 1.82) is 0 Å². The molecular weight excluding hydrogens is 658 g/mol. The number of hydrogen-bond acceptors (Lipinski definition) is 6. The molecule has 0 aromatic heterocycles. The number of unbranched alkanes of at least 4 members (excludes halogenated alkanes) is 5. The van der Waals surface area contributed by atoms with E-state index in [-0.39, 0.29) is 11.3 Å². The summed E-state index contributed by atoms with van der Waals surface area (Å²) in [6.07, 6.45) is -0.942. The molecule has 3 rings (SSSR count). The highest BCUT2D eigenvalue weighted by atomic mass is 19.4. The highest BCUT2D eigenvalue weighted by molar-refractivity contribution is 5.91. The molecule has 1 heterocycles. The summed E-state index contributed by atoms with van der Waals surface area (Å²) < 4.78 is 180. The van der Waals surface area contributed by atoms with Crippen LogP contribution in [-0.2, 0) is 4.79 Å². The number of halogens is 12. The number of hydrogen-bond donors (Lipinski definition) is 0. The monoisotopic (exact) mass is 683 g/mol. The third kappa shape index (κ3) is 6.57. The third-order valence-electron chi connectivity index (χ3n) is 6.77. The Bertz CT molecular complexity index is 1340. The molecule has 2 aromatic carbocycles. The first-order valence-electron chi connectivity index (χ1n) is 13.5. The minimum atomic E-state index is -7.27. The Balaban J connectivity index is 1.68. The smallest absolute Gasteiger partial charge is 0.448 e. The van der Waals surface area contributed by atoms with Gasteiger partial charge in [-0.1, -0.05) is 39.0 Å². The van der Waals surface area contributed by atoms with Gasteiger partial charge in [0, 0.05) is 0 Å². The Labute approximate surface area is 253 Å². The van der Waals surface area contributed by atoms with Gasteiger partial charge in [0.15, 0.2) is 0 Å². The van der Waals surface area contributed by atoms with Crippen LogP contribution in [-0.4, -0.2) is 59.4 Å². The number of nitrogens with zero attached hydrogens (tertiary/aromatic N) is 1. The lowest BCUT2D eigenvalue weighted by atomic mass is 10.1. The van der Waals surface area contributed by atoms with E-state index in [1.807, 2.05) is 0 Å². The van der Waals surface area contributed by atoms with Gasteiger partial charge in [-0.25, -0.2) is 14.0 Å². The minimum Gasteiger partial charge on any atom is -0.494 e. The lowest BCUT2D eigenvalue weighted by Gasteiger charge is -2.38. The second kappa shape index (κ2) is 13.2. The van der Waals surface area contributed by atoms with E-state index in [0.29, 0.717) is 36.6 Å². The van der Waals surface area contributed by atoms with Gasteiger partial charge in [-0.15, -0.1) is 4.90 Å². The number of benzene rings is 2. The molecule has 0 spiro atoms. The van der Waals surface area contributed by atoms with Crippen LogP contribution in [0.1, 0.15) is 55.8 Å². The molecular formula is C28H25F12NO5. The summed E-state index contributed by atoms with van der Waals surface area (Å²) in [6.45, 7) is 2.55. The maximum absolute atomic E-state index is 15.0. The van der Waals surface area contributed by atoms with Gasteiger partial charge in [-0.05, 0) is 55.0 Å². The summed E-state index contributed by atoms with van der Waals surface area (Å²) in [4.78, 5) is 20.9. The van der Waals surface area contributed by atoms with Crippen molar-refractivity contribution in [1.82, 2.24) is 4.90 Å². The van der Waals surface area contributed by atoms with Crippen molar-refractivity contribution < 1.29 is 76.5 Å². The van der Waals surface area contributed by atoms with Gasteiger partial charge in [-0.3, -0.25) is 0 Å². The van der Waals surface area contributed by atoms with Gasteiger partial charge in [0.1, 0.15) is 17.2 Å². The number of ether oxygens (including phenoxy) is 3. The first-order valence-corrected chi connectivity index (χ1v) is 13.5. The molecule has 1 fully saturated rings. The Hall–Kier alpha value is -3.70. The van der Waals surface area contributed by atoms with Crippen LogP contribution in [0.2, 0.25) is 0 Å². The Morgan fingerprint density at radius 2 is 1.09 bits per heavy atom. The molecule has 1 atom stereocenters. The maximum atomic E-state index is 15.0. The van der Waals surface area contributed by atoms with Gasteiger partial charge in [-0.2, -0.15) is 48.3 Å². The fraction of sp³-hybridized carbons (Fsp3) is 0.500. The van der Waals surface area contributed by atoms with E-state index < -0.39 is 58.5 Å². The first kappa shape index (κ1) is 36.8. The molecule has 2 aromatic rings. The normalized spacial score (nSPS) is 19.7. The van der Waals surface area contributed by atoms with Crippen LogP contribution >= 0.6 is 0 Å². The molecule has 6 nitrogen and oxygen atoms in total.